The highest BCUT2D eigenvalue weighted by Crippen LogP contribution is 2.34. The number of rotatable bonds is 5. The van der Waals surface area contributed by atoms with Crippen molar-refractivity contribution in [2.75, 3.05) is 14.2 Å². The molecule has 0 bridgehead atoms. The molecule has 1 aliphatic rings. The molecule has 0 N–H and O–H groups in total. The summed E-state index contributed by atoms with van der Waals surface area (Å²) < 4.78 is 13.1. The van der Waals surface area contributed by atoms with Crippen molar-refractivity contribution in [2.24, 2.45) is 10.1 Å². The Hall–Kier alpha value is -3.64. The number of para-hydroxylation sites is 1. The van der Waals surface area contributed by atoms with Crippen LogP contribution in [0, 0.1) is 0 Å². The van der Waals surface area contributed by atoms with Crippen LogP contribution in [0.25, 0.3) is 11.3 Å². The van der Waals surface area contributed by atoms with Gasteiger partial charge in [-0.1, -0.05) is 42.5 Å². The molecular formula is C26H23N3O2S. The number of fused-ring (bicyclic) bond motifs is 1. The Balaban J connectivity index is 1.74. The van der Waals surface area contributed by atoms with Gasteiger partial charge >= 0.3 is 0 Å². The number of hydrogen-bond acceptors (Lipinski definition) is 5. The first-order valence-electron chi connectivity index (χ1n) is 10.5. The lowest BCUT2D eigenvalue weighted by Crippen LogP contribution is -2.14. The van der Waals surface area contributed by atoms with Crippen LogP contribution >= 0.6 is 11.3 Å². The van der Waals surface area contributed by atoms with Gasteiger partial charge in [-0.2, -0.15) is 5.10 Å². The summed E-state index contributed by atoms with van der Waals surface area (Å²) >= 11 is 1.56. The molecule has 0 saturated carbocycles. The van der Waals surface area contributed by atoms with Gasteiger partial charge in [0.2, 0.25) is 4.80 Å². The van der Waals surface area contributed by atoms with Gasteiger partial charge in [0.15, 0.2) is 0 Å². The van der Waals surface area contributed by atoms with Gasteiger partial charge in [-0.05, 0) is 48.7 Å². The lowest BCUT2D eigenvalue weighted by atomic mass is 10.1. The predicted molar refractivity (Wildman–Crippen MR) is 129 cm³/mol. The number of aromatic nitrogens is 1. The summed E-state index contributed by atoms with van der Waals surface area (Å²) in [6.45, 7) is 0. The molecule has 5 rings (SSSR count). The highest BCUT2D eigenvalue weighted by molar-refractivity contribution is 7.07. The summed E-state index contributed by atoms with van der Waals surface area (Å²) in [5.41, 5.74) is 6.33. The number of nitrogens with zero attached hydrogens (tertiary/aromatic N) is 3. The first-order chi connectivity index (χ1) is 15.8. The van der Waals surface area contributed by atoms with E-state index in [1.807, 2.05) is 53.2 Å². The second-order valence-electron chi connectivity index (χ2n) is 7.43. The topological polar surface area (TPSA) is 48.1 Å². The lowest BCUT2D eigenvalue weighted by Gasteiger charge is -2.11. The molecule has 1 aliphatic carbocycles. The van der Waals surface area contributed by atoms with E-state index in [9.17, 15) is 0 Å². The van der Waals surface area contributed by atoms with E-state index < -0.39 is 0 Å². The first kappa shape index (κ1) is 20.3. The van der Waals surface area contributed by atoms with Crippen LogP contribution in [0.5, 0.6) is 11.5 Å². The molecule has 0 atom stereocenters. The fraction of sp³-hybridized carbons (Fsp3) is 0.154. The fourth-order valence-corrected chi connectivity index (χ4v) is 4.76. The van der Waals surface area contributed by atoms with Crippen LogP contribution in [0.15, 0.2) is 88.3 Å². The van der Waals surface area contributed by atoms with Crippen LogP contribution in [-0.2, 0) is 6.42 Å². The van der Waals surface area contributed by atoms with Crippen LogP contribution in [0.3, 0.4) is 0 Å². The molecule has 0 amide bonds. The van der Waals surface area contributed by atoms with E-state index in [-0.39, 0.29) is 0 Å². The smallest absolute Gasteiger partial charge is 0.211 e. The number of ether oxygens (including phenoxy) is 2. The maximum atomic E-state index is 5.66. The number of thiazole rings is 1. The maximum absolute atomic E-state index is 5.66. The summed E-state index contributed by atoms with van der Waals surface area (Å²) in [5, 5.41) is 7.19. The molecule has 160 valence electrons. The average molecular weight is 442 g/mol. The zero-order chi connectivity index (χ0) is 21.9. The van der Waals surface area contributed by atoms with E-state index in [2.05, 4.69) is 29.6 Å². The van der Waals surface area contributed by atoms with Crippen molar-refractivity contribution < 1.29 is 9.47 Å². The van der Waals surface area contributed by atoms with Gasteiger partial charge in [-0.3, -0.25) is 0 Å². The third kappa shape index (κ3) is 3.85. The molecule has 3 aromatic carbocycles. The van der Waals surface area contributed by atoms with Crippen molar-refractivity contribution in [3.63, 3.8) is 0 Å². The summed E-state index contributed by atoms with van der Waals surface area (Å²) in [4.78, 5) is 5.68. The third-order valence-electron chi connectivity index (χ3n) is 5.53. The summed E-state index contributed by atoms with van der Waals surface area (Å²) in [6.07, 6.45) is 1.91. The highest BCUT2D eigenvalue weighted by Gasteiger charge is 2.20. The summed E-state index contributed by atoms with van der Waals surface area (Å²) in [7, 11) is 3.34. The predicted octanol–water partition coefficient (Wildman–Crippen LogP) is 5.66. The molecule has 1 heterocycles. The minimum absolute atomic E-state index is 0.760. The normalized spacial score (nSPS) is 14.6. The molecule has 0 spiro atoms. The van der Waals surface area contributed by atoms with Gasteiger partial charge in [0, 0.05) is 16.5 Å². The summed E-state index contributed by atoms with van der Waals surface area (Å²) in [6, 6.07) is 24.2. The third-order valence-corrected chi connectivity index (χ3v) is 6.35. The van der Waals surface area contributed by atoms with Gasteiger partial charge < -0.3 is 9.47 Å². The zero-order valence-corrected chi connectivity index (χ0v) is 18.8. The molecule has 5 nitrogen and oxygen atoms in total. The van der Waals surface area contributed by atoms with E-state index in [1.54, 1.807) is 25.6 Å². The molecule has 0 unspecified atom stereocenters. The first-order valence-corrected chi connectivity index (χ1v) is 11.3. The van der Waals surface area contributed by atoms with Gasteiger partial charge in [-0.15, -0.1) is 11.3 Å². The molecule has 6 heteroatoms. The Morgan fingerprint density at radius 3 is 2.47 bits per heavy atom. The Morgan fingerprint density at radius 1 is 0.844 bits per heavy atom. The molecule has 1 aromatic heterocycles. The number of methoxy groups -OCH3 is 2. The van der Waals surface area contributed by atoms with E-state index in [1.165, 1.54) is 11.1 Å². The Morgan fingerprint density at radius 2 is 1.66 bits per heavy atom. The van der Waals surface area contributed by atoms with Crippen LogP contribution in [0.2, 0.25) is 0 Å². The zero-order valence-electron chi connectivity index (χ0n) is 18.0. The second kappa shape index (κ2) is 8.85. The minimum Gasteiger partial charge on any atom is -0.497 e. The molecule has 0 aliphatic heterocycles. The fourth-order valence-electron chi connectivity index (χ4n) is 3.92. The average Bonchev–Trinajstić information content (AvgIpc) is 3.44. The summed E-state index contributed by atoms with van der Waals surface area (Å²) in [5.74, 6) is 1.52. The molecule has 4 aromatic rings. The van der Waals surface area contributed by atoms with E-state index in [4.69, 9.17) is 19.6 Å². The number of aryl methyl sites for hydroxylation is 1. The van der Waals surface area contributed by atoms with Crippen molar-refractivity contribution in [3.8, 4) is 22.8 Å². The quantitative estimate of drug-likeness (QED) is 0.401. The van der Waals surface area contributed by atoms with Crippen molar-refractivity contribution >= 4 is 22.7 Å². The van der Waals surface area contributed by atoms with E-state index >= 15 is 0 Å². The highest BCUT2D eigenvalue weighted by atomic mass is 32.1. The van der Waals surface area contributed by atoms with Gasteiger partial charge in [0.1, 0.15) is 11.5 Å². The van der Waals surface area contributed by atoms with Crippen LogP contribution < -0.4 is 14.3 Å². The van der Waals surface area contributed by atoms with Gasteiger partial charge in [0.25, 0.3) is 0 Å². The Bertz CT molecular complexity index is 1350. The monoisotopic (exact) mass is 441 g/mol. The van der Waals surface area contributed by atoms with E-state index in [0.29, 0.717) is 0 Å². The lowest BCUT2D eigenvalue weighted by molar-refractivity contribution is 0.404. The van der Waals surface area contributed by atoms with Gasteiger partial charge in [0.05, 0.1) is 31.3 Å². The SMILES string of the molecule is COc1ccc(OC)c(-c2csc(=Nc3ccccc3)n2N=C2CCc3ccccc32)c1. The molecule has 0 saturated heterocycles. The molecule has 0 fully saturated rings. The van der Waals surface area contributed by atoms with Crippen molar-refractivity contribution in [1.82, 2.24) is 4.68 Å². The van der Waals surface area contributed by atoms with Crippen LogP contribution in [0.4, 0.5) is 5.69 Å². The number of hydrogen-bond donors (Lipinski definition) is 0. The molecular weight excluding hydrogens is 418 g/mol. The standard InChI is InChI=1S/C26H23N3O2S/c1-30-20-13-15-25(31-2)22(16-20)24-17-32-26(27-19-9-4-3-5-10-19)29(24)28-23-14-12-18-8-6-7-11-21(18)23/h3-11,13,15-17H,12,14H2,1-2H3. The van der Waals surface area contributed by atoms with Crippen LogP contribution in [0.1, 0.15) is 17.5 Å². The minimum atomic E-state index is 0.760. The number of benzene rings is 3. The molecule has 32 heavy (non-hydrogen) atoms. The Kier molecular flexibility index (Phi) is 5.60. The Labute approximate surface area is 190 Å². The van der Waals surface area contributed by atoms with E-state index in [0.717, 1.165) is 51.8 Å². The van der Waals surface area contributed by atoms with Crippen LogP contribution in [-0.4, -0.2) is 24.6 Å². The van der Waals surface area contributed by atoms with Crippen molar-refractivity contribution in [1.29, 1.82) is 0 Å². The van der Waals surface area contributed by atoms with Gasteiger partial charge in [-0.25, -0.2) is 9.67 Å². The largest absolute Gasteiger partial charge is 0.497 e. The second-order valence-corrected chi connectivity index (χ2v) is 8.27. The maximum Gasteiger partial charge on any atom is 0.211 e. The van der Waals surface area contributed by atoms with Crippen molar-refractivity contribution in [2.45, 2.75) is 12.8 Å². The molecule has 0 radical (unpaired) electrons. The van der Waals surface area contributed by atoms with Crippen molar-refractivity contribution in [3.05, 3.63) is 94.1 Å².